The van der Waals surface area contributed by atoms with Crippen molar-refractivity contribution in [3.05, 3.63) is 41.1 Å². The van der Waals surface area contributed by atoms with Gasteiger partial charge in [0.05, 0.1) is 25.6 Å². The Morgan fingerprint density at radius 3 is 2.57 bits per heavy atom. The van der Waals surface area contributed by atoms with E-state index in [0.29, 0.717) is 25.9 Å². The van der Waals surface area contributed by atoms with E-state index in [0.717, 1.165) is 12.1 Å². The largest absolute Gasteiger partial charge is 0.496 e. The summed E-state index contributed by atoms with van der Waals surface area (Å²) in [6, 6.07) is 1.96. The highest BCUT2D eigenvalue weighted by molar-refractivity contribution is 7.88. The summed E-state index contributed by atoms with van der Waals surface area (Å²) in [6.45, 7) is 0.752. The fraction of sp³-hybridized carbons (Fsp3) is 0.389. The molecule has 4 N–H and O–H groups in total. The number of nitrogens with two attached hydrogens (primary N) is 1. The molecule has 1 aromatic carbocycles. The van der Waals surface area contributed by atoms with Crippen LogP contribution in [0.5, 0.6) is 5.75 Å². The van der Waals surface area contributed by atoms with Crippen molar-refractivity contribution in [2.24, 2.45) is 0 Å². The number of nitrogens with zero attached hydrogens (tertiary/aromatic N) is 2. The number of piperidine rings is 1. The normalized spacial score (nSPS) is 15.7. The molecule has 0 saturated carbocycles. The van der Waals surface area contributed by atoms with Gasteiger partial charge in [-0.1, -0.05) is 4.98 Å². The summed E-state index contributed by atoms with van der Waals surface area (Å²) in [6.07, 6.45) is 3.55. The van der Waals surface area contributed by atoms with Crippen LogP contribution in [0.4, 0.5) is 20.5 Å². The first kappa shape index (κ1) is 21.8. The van der Waals surface area contributed by atoms with E-state index in [1.54, 1.807) is 0 Å². The molecule has 2 heterocycles. The average Bonchev–Trinajstić information content (AvgIpc) is 2.69. The molecule has 0 spiro atoms. The lowest BCUT2D eigenvalue weighted by Crippen LogP contribution is -2.42. The molecule has 0 amide bonds. The Labute approximate surface area is 172 Å². The van der Waals surface area contributed by atoms with Crippen molar-refractivity contribution in [2.75, 3.05) is 37.5 Å². The lowest BCUT2D eigenvalue weighted by atomic mass is 10.0. The van der Waals surface area contributed by atoms with Gasteiger partial charge in [-0.15, -0.1) is 0 Å². The van der Waals surface area contributed by atoms with Crippen molar-refractivity contribution in [2.45, 2.75) is 18.9 Å². The van der Waals surface area contributed by atoms with Crippen LogP contribution in [0.3, 0.4) is 0 Å². The van der Waals surface area contributed by atoms with Gasteiger partial charge in [-0.25, -0.2) is 26.5 Å². The topological polar surface area (TPSA) is 129 Å². The van der Waals surface area contributed by atoms with Gasteiger partial charge in [0.2, 0.25) is 21.6 Å². The van der Waals surface area contributed by atoms with Crippen LogP contribution in [0.2, 0.25) is 0 Å². The smallest absolute Gasteiger partial charge is 0.391 e. The fourth-order valence-electron chi connectivity index (χ4n) is 3.26. The molecular formula is C18H22F2N5O4S+. The molecule has 30 heavy (non-hydrogen) atoms. The molecule has 0 aliphatic carbocycles. The molecule has 9 nitrogen and oxygen atoms in total. The van der Waals surface area contributed by atoms with E-state index in [1.165, 1.54) is 23.9 Å². The molecule has 162 valence electrons. The van der Waals surface area contributed by atoms with Crippen LogP contribution < -0.4 is 20.8 Å². The van der Waals surface area contributed by atoms with E-state index in [9.17, 15) is 22.0 Å². The second kappa shape index (κ2) is 8.48. The first-order chi connectivity index (χ1) is 14.1. The highest BCUT2D eigenvalue weighted by atomic mass is 32.2. The number of anilines is 2. The van der Waals surface area contributed by atoms with E-state index >= 15 is 0 Å². The number of halogens is 2. The number of carbonyl (C=O) groups excluding carboxylic acids is 1. The summed E-state index contributed by atoms with van der Waals surface area (Å²) in [4.78, 5) is 19.6. The Bertz CT molecular complexity index is 1070. The number of rotatable bonds is 6. The minimum Gasteiger partial charge on any atom is -0.496 e. The van der Waals surface area contributed by atoms with Gasteiger partial charge in [-0.05, 0) is 25.0 Å². The number of hydrogen-bond acceptors (Lipinski definition) is 7. The van der Waals surface area contributed by atoms with Crippen molar-refractivity contribution < 1.29 is 31.7 Å². The molecule has 1 aliphatic heterocycles. The average molecular weight is 442 g/mol. The number of aromatic amines is 1. The van der Waals surface area contributed by atoms with Gasteiger partial charge in [0, 0.05) is 13.1 Å². The number of ether oxygens (including phenoxy) is 1. The SMILES string of the molecule is COc1ccc(F)c(F)c1C(=O)c1c[nH+]c(NC2CCN(S(C)(=O)=O)CC2)nc1N. The van der Waals surface area contributed by atoms with E-state index in [-0.39, 0.29) is 29.1 Å². The molecule has 0 atom stereocenters. The zero-order chi connectivity index (χ0) is 22.1. The Kier molecular flexibility index (Phi) is 6.17. The van der Waals surface area contributed by atoms with E-state index < -0.39 is 33.0 Å². The third-order valence-corrected chi connectivity index (χ3v) is 6.18. The number of hydrogen-bond donors (Lipinski definition) is 2. The van der Waals surface area contributed by atoms with Crippen LogP contribution in [-0.2, 0) is 10.0 Å². The number of benzene rings is 1. The molecule has 0 unspecified atom stereocenters. The monoisotopic (exact) mass is 442 g/mol. The highest BCUT2D eigenvalue weighted by Gasteiger charge is 2.29. The van der Waals surface area contributed by atoms with Gasteiger partial charge in [0.25, 0.3) is 0 Å². The van der Waals surface area contributed by atoms with Crippen molar-refractivity contribution in [3.8, 4) is 5.75 Å². The summed E-state index contributed by atoms with van der Waals surface area (Å²) >= 11 is 0. The van der Waals surface area contributed by atoms with Gasteiger partial charge in [0.1, 0.15) is 16.9 Å². The lowest BCUT2D eigenvalue weighted by molar-refractivity contribution is -0.365. The number of H-pyrrole nitrogens is 1. The van der Waals surface area contributed by atoms with Crippen molar-refractivity contribution in [1.29, 1.82) is 0 Å². The fourth-order valence-corrected chi connectivity index (χ4v) is 4.13. The molecule has 1 aromatic heterocycles. The van der Waals surface area contributed by atoms with E-state index in [4.69, 9.17) is 10.5 Å². The number of carbonyl (C=O) groups is 1. The van der Waals surface area contributed by atoms with Crippen molar-refractivity contribution in [3.63, 3.8) is 0 Å². The molecule has 1 aliphatic rings. The minimum absolute atomic E-state index is 0.0477. The summed E-state index contributed by atoms with van der Waals surface area (Å²) < 4.78 is 57.4. The zero-order valence-corrected chi connectivity index (χ0v) is 17.2. The van der Waals surface area contributed by atoms with Gasteiger partial charge >= 0.3 is 5.95 Å². The first-order valence-electron chi connectivity index (χ1n) is 9.08. The second-order valence-corrected chi connectivity index (χ2v) is 8.88. The maximum absolute atomic E-state index is 14.2. The number of aromatic nitrogens is 2. The standard InChI is InChI=1S/C18H21F2N5O4S/c1-29-13-4-3-12(19)15(20)14(13)16(26)11-9-22-18(24-17(11)21)23-10-5-7-25(8-6-10)30(2,27)28/h3-4,9-10H,5-8H2,1-2H3,(H3,21,22,23,24)/p+1. The predicted molar refractivity (Wildman–Crippen MR) is 105 cm³/mol. The van der Waals surface area contributed by atoms with Crippen molar-refractivity contribution in [1.82, 2.24) is 9.29 Å². The minimum atomic E-state index is -3.23. The molecule has 1 saturated heterocycles. The second-order valence-electron chi connectivity index (χ2n) is 6.90. The van der Waals surface area contributed by atoms with Crippen LogP contribution in [0.25, 0.3) is 0 Å². The van der Waals surface area contributed by atoms with E-state index in [2.05, 4.69) is 15.3 Å². The summed E-state index contributed by atoms with van der Waals surface area (Å²) in [7, 11) is -1.99. The number of ketones is 1. The molecule has 2 aromatic rings. The Morgan fingerprint density at radius 2 is 2.00 bits per heavy atom. The number of nitrogens with one attached hydrogen (secondary N) is 2. The predicted octanol–water partition coefficient (Wildman–Crippen LogP) is 0.832. The molecule has 12 heteroatoms. The number of nitrogen functional groups attached to an aromatic ring is 1. The Hall–Kier alpha value is -2.86. The van der Waals surface area contributed by atoms with Gasteiger partial charge in [-0.3, -0.25) is 10.1 Å². The molecule has 1 fully saturated rings. The number of methoxy groups -OCH3 is 1. The quantitative estimate of drug-likeness (QED) is 0.634. The van der Waals surface area contributed by atoms with Crippen LogP contribution in [0, 0.1) is 11.6 Å². The molecule has 0 radical (unpaired) electrons. The van der Waals surface area contributed by atoms with Gasteiger partial charge in [-0.2, -0.15) is 0 Å². The number of sulfonamides is 1. The molecule has 0 bridgehead atoms. The molecular weight excluding hydrogens is 420 g/mol. The third-order valence-electron chi connectivity index (χ3n) is 4.87. The van der Waals surface area contributed by atoms with Crippen molar-refractivity contribution >= 4 is 27.6 Å². The first-order valence-corrected chi connectivity index (χ1v) is 10.9. The Balaban J connectivity index is 1.77. The third kappa shape index (κ3) is 4.49. The van der Waals surface area contributed by atoms with Crippen LogP contribution in [0.1, 0.15) is 28.8 Å². The summed E-state index contributed by atoms with van der Waals surface area (Å²) in [5, 5.41) is 3.10. The highest BCUT2D eigenvalue weighted by Crippen LogP contribution is 2.27. The maximum Gasteiger partial charge on any atom is 0.391 e. The Morgan fingerprint density at radius 1 is 1.33 bits per heavy atom. The summed E-state index contributed by atoms with van der Waals surface area (Å²) in [5.41, 5.74) is 5.17. The van der Waals surface area contributed by atoms with Gasteiger partial charge < -0.3 is 10.5 Å². The van der Waals surface area contributed by atoms with Crippen LogP contribution in [0.15, 0.2) is 18.3 Å². The maximum atomic E-state index is 14.2. The molecule has 3 rings (SSSR count). The zero-order valence-electron chi connectivity index (χ0n) is 16.4. The lowest BCUT2D eigenvalue weighted by Gasteiger charge is -2.28. The van der Waals surface area contributed by atoms with E-state index in [1.807, 2.05) is 0 Å². The van der Waals surface area contributed by atoms with Crippen LogP contribution in [-0.4, -0.2) is 56.0 Å². The van der Waals surface area contributed by atoms with Gasteiger partial charge in [0.15, 0.2) is 11.6 Å². The summed E-state index contributed by atoms with van der Waals surface area (Å²) in [5.74, 6) is -3.43. The van der Waals surface area contributed by atoms with Crippen LogP contribution >= 0.6 is 0 Å².